The van der Waals surface area contributed by atoms with Crippen molar-refractivity contribution in [2.45, 2.75) is 20.3 Å². The highest BCUT2D eigenvalue weighted by Crippen LogP contribution is 2.27. The Morgan fingerprint density at radius 3 is 2.67 bits per heavy atom. The highest BCUT2D eigenvalue weighted by molar-refractivity contribution is 7.11. The van der Waals surface area contributed by atoms with Crippen molar-refractivity contribution < 1.29 is 4.74 Å². The molecule has 0 amide bonds. The minimum absolute atomic E-state index is 0.517. The molecule has 0 aliphatic carbocycles. The Balaban J connectivity index is 1.80. The molecule has 5 heteroatoms. The van der Waals surface area contributed by atoms with Crippen molar-refractivity contribution in [2.24, 2.45) is 0 Å². The maximum Gasteiger partial charge on any atom is 0.136 e. The molecule has 0 saturated carbocycles. The van der Waals surface area contributed by atoms with Gasteiger partial charge in [0, 0.05) is 22.8 Å². The van der Waals surface area contributed by atoms with Crippen LogP contribution in [0.25, 0.3) is 16.8 Å². The Morgan fingerprint density at radius 2 is 1.96 bits per heavy atom. The van der Waals surface area contributed by atoms with Crippen molar-refractivity contribution in [1.82, 2.24) is 4.98 Å². The first-order chi connectivity index (χ1) is 13.2. The van der Waals surface area contributed by atoms with E-state index in [2.05, 4.69) is 29.4 Å². The van der Waals surface area contributed by atoms with E-state index in [4.69, 9.17) is 4.74 Å². The molecule has 1 heterocycles. The van der Waals surface area contributed by atoms with Gasteiger partial charge in [-0.2, -0.15) is 5.26 Å². The second-order valence-corrected chi connectivity index (χ2v) is 6.68. The molecule has 0 fully saturated rings. The maximum absolute atomic E-state index is 9.55. The van der Waals surface area contributed by atoms with Gasteiger partial charge >= 0.3 is 0 Å². The summed E-state index contributed by atoms with van der Waals surface area (Å²) < 4.78 is 5.47. The third-order valence-electron chi connectivity index (χ3n) is 4.09. The van der Waals surface area contributed by atoms with Gasteiger partial charge in [0.25, 0.3) is 0 Å². The normalized spacial score (nSPS) is 11.1. The lowest BCUT2D eigenvalue weighted by Crippen LogP contribution is -1.95. The molecule has 0 radical (unpaired) electrons. The number of aryl methyl sites for hydroxylation is 1. The molecule has 1 aromatic heterocycles. The first-order valence-electron chi connectivity index (χ1n) is 8.89. The summed E-state index contributed by atoms with van der Waals surface area (Å²) in [5.41, 5.74) is 4.59. The van der Waals surface area contributed by atoms with Crippen LogP contribution in [0.3, 0.4) is 0 Å². The molecule has 0 unspecified atom stereocenters. The van der Waals surface area contributed by atoms with E-state index in [0.29, 0.717) is 17.2 Å². The van der Waals surface area contributed by atoms with Crippen LogP contribution in [-0.4, -0.2) is 11.6 Å². The molecule has 2 aromatic carbocycles. The van der Waals surface area contributed by atoms with Crippen molar-refractivity contribution in [3.8, 4) is 23.1 Å². The molecule has 0 aliphatic rings. The Bertz CT molecular complexity index is 968. The Morgan fingerprint density at radius 1 is 1.19 bits per heavy atom. The van der Waals surface area contributed by atoms with E-state index in [1.807, 2.05) is 54.8 Å². The van der Waals surface area contributed by atoms with Crippen LogP contribution in [0.2, 0.25) is 0 Å². The third-order valence-corrected chi connectivity index (χ3v) is 4.96. The van der Waals surface area contributed by atoms with Crippen LogP contribution in [-0.2, 0) is 6.42 Å². The summed E-state index contributed by atoms with van der Waals surface area (Å²) in [5, 5.41) is 15.5. The number of allylic oxidation sites excluding steroid dienone is 1. The lowest BCUT2D eigenvalue weighted by Gasteiger charge is -2.07. The zero-order valence-corrected chi connectivity index (χ0v) is 16.2. The average Bonchev–Trinajstić information content (AvgIpc) is 3.19. The van der Waals surface area contributed by atoms with Crippen LogP contribution in [0.4, 0.5) is 5.69 Å². The zero-order chi connectivity index (χ0) is 19.1. The molecule has 0 aliphatic heterocycles. The van der Waals surface area contributed by atoms with Gasteiger partial charge in [-0.25, -0.2) is 4.98 Å². The average molecular weight is 375 g/mol. The minimum atomic E-state index is 0.517. The van der Waals surface area contributed by atoms with Gasteiger partial charge in [-0.3, -0.25) is 0 Å². The van der Waals surface area contributed by atoms with Crippen LogP contribution in [0.5, 0.6) is 5.75 Å². The maximum atomic E-state index is 9.55. The minimum Gasteiger partial charge on any atom is -0.494 e. The van der Waals surface area contributed by atoms with E-state index in [1.165, 1.54) is 16.9 Å². The number of thiazole rings is 1. The molecular formula is C22H21N3OS. The van der Waals surface area contributed by atoms with Crippen molar-refractivity contribution in [1.29, 1.82) is 5.26 Å². The quantitative estimate of drug-likeness (QED) is 0.534. The van der Waals surface area contributed by atoms with Crippen molar-refractivity contribution in [3.05, 3.63) is 70.7 Å². The molecule has 1 N–H and O–H groups in total. The molecule has 0 saturated heterocycles. The molecular weight excluding hydrogens is 354 g/mol. The second-order valence-electron chi connectivity index (χ2n) is 5.82. The van der Waals surface area contributed by atoms with Crippen molar-refractivity contribution in [2.75, 3.05) is 11.9 Å². The predicted octanol–water partition coefficient (Wildman–Crippen LogP) is 5.75. The molecule has 3 rings (SSSR count). The predicted molar refractivity (Wildman–Crippen MR) is 112 cm³/mol. The first-order valence-corrected chi connectivity index (χ1v) is 9.77. The van der Waals surface area contributed by atoms with Gasteiger partial charge in [0.05, 0.1) is 12.3 Å². The number of para-hydroxylation sites is 1. The van der Waals surface area contributed by atoms with Crippen LogP contribution in [0.1, 0.15) is 24.4 Å². The number of benzene rings is 2. The van der Waals surface area contributed by atoms with Crippen LogP contribution >= 0.6 is 11.3 Å². The summed E-state index contributed by atoms with van der Waals surface area (Å²) >= 11 is 1.46. The van der Waals surface area contributed by atoms with Gasteiger partial charge in [-0.15, -0.1) is 11.3 Å². The highest BCUT2D eigenvalue weighted by Gasteiger charge is 2.09. The second kappa shape index (κ2) is 9.02. The molecule has 0 atom stereocenters. The monoisotopic (exact) mass is 375 g/mol. The highest BCUT2D eigenvalue weighted by atomic mass is 32.1. The van der Waals surface area contributed by atoms with E-state index in [1.54, 1.807) is 6.20 Å². The summed E-state index contributed by atoms with van der Waals surface area (Å²) in [4.78, 5) is 4.63. The van der Waals surface area contributed by atoms with E-state index in [9.17, 15) is 5.26 Å². The van der Waals surface area contributed by atoms with E-state index in [-0.39, 0.29) is 0 Å². The largest absolute Gasteiger partial charge is 0.494 e. The SMILES string of the molecule is CCOc1ccc(-c2csc(/C(C#N)=C/Nc3ccccc3CC)n2)cc1. The Labute approximate surface area is 163 Å². The van der Waals surface area contributed by atoms with Gasteiger partial charge in [0.2, 0.25) is 0 Å². The Hall–Kier alpha value is -3.10. The molecule has 3 aromatic rings. The third kappa shape index (κ3) is 4.55. The Kier molecular flexibility index (Phi) is 6.24. The number of nitriles is 1. The van der Waals surface area contributed by atoms with E-state index >= 15 is 0 Å². The van der Waals surface area contributed by atoms with Gasteiger partial charge in [0.15, 0.2) is 0 Å². The first kappa shape index (κ1) is 18.7. The summed E-state index contributed by atoms with van der Waals surface area (Å²) in [7, 11) is 0. The fourth-order valence-electron chi connectivity index (χ4n) is 2.68. The van der Waals surface area contributed by atoms with Crippen LogP contribution in [0, 0.1) is 11.3 Å². The summed E-state index contributed by atoms with van der Waals surface area (Å²) in [6, 6.07) is 18.2. The lowest BCUT2D eigenvalue weighted by molar-refractivity contribution is 0.340. The molecule has 4 nitrogen and oxygen atoms in total. The molecule has 0 spiro atoms. The number of nitrogens with zero attached hydrogens (tertiary/aromatic N) is 2. The zero-order valence-electron chi connectivity index (χ0n) is 15.4. The standard InChI is InChI=1S/C22H21N3OS/c1-3-16-7-5-6-8-20(16)24-14-18(13-23)22-25-21(15-27-22)17-9-11-19(12-10-17)26-4-2/h5-12,14-15,24H,3-4H2,1-2H3/b18-14+. The molecule has 0 bridgehead atoms. The fourth-order valence-corrected chi connectivity index (χ4v) is 3.47. The molecule has 27 heavy (non-hydrogen) atoms. The van der Waals surface area contributed by atoms with Gasteiger partial charge in [-0.1, -0.05) is 25.1 Å². The molecule has 136 valence electrons. The summed E-state index contributed by atoms with van der Waals surface area (Å²) in [6.45, 7) is 4.72. The lowest BCUT2D eigenvalue weighted by atomic mass is 10.1. The van der Waals surface area contributed by atoms with E-state index < -0.39 is 0 Å². The van der Waals surface area contributed by atoms with Gasteiger partial charge in [-0.05, 0) is 49.2 Å². The number of rotatable bonds is 7. The van der Waals surface area contributed by atoms with Crippen molar-refractivity contribution >= 4 is 22.6 Å². The number of anilines is 1. The van der Waals surface area contributed by atoms with Gasteiger partial charge in [0.1, 0.15) is 22.4 Å². The number of nitrogens with one attached hydrogen (secondary N) is 1. The number of aromatic nitrogens is 1. The summed E-state index contributed by atoms with van der Waals surface area (Å²) in [6.07, 6.45) is 2.66. The fraction of sp³-hybridized carbons (Fsp3) is 0.182. The number of hydrogen-bond acceptors (Lipinski definition) is 5. The summed E-state index contributed by atoms with van der Waals surface area (Å²) in [5.74, 6) is 0.841. The smallest absolute Gasteiger partial charge is 0.136 e. The van der Waals surface area contributed by atoms with E-state index in [0.717, 1.165) is 29.1 Å². The van der Waals surface area contributed by atoms with Gasteiger partial charge < -0.3 is 10.1 Å². The van der Waals surface area contributed by atoms with Crippen LogP contribution in [0.15, 0.2) is 60.1 Å². The van der Waals surface area contributed by atoms with Crippen LogP contribution < -0.4 is 10.1 Å². The van der Waals surface area contributed by atoms with Crippen molar-refractivity contribution in [3.63, 3.8) is 0 Å². The number of ether oxygens (including phenoxy) is 1. The number of hydrogen-bond donors (Lipinski definition) is 1. The topological polar surface area (TPSA) is 57.9 Å².